The summed E-state index contributed by atoms with van der Waals surface area (Å²) in [6.07, 6.45) is 0.125. The molecule has 1 rings (SSSR count). The third-order valence-electron chi connectivity index (χ3n) is 1.91. The highest BCUT2D eigenvalue weighted by atomic mass is 35.5. The van der Waals surface area contributed by atoms with E-state index in [1.165, 1.54) is 0 Å². The van der Waals surface area contributed by atoms with E-state index in [0.29, 0.717) is 5.02 Å². The smallest absolute Gasteiger partial charge is 0.138 e. The van der Waals surface area contributed by atoms with Crippen molar-refractivity contribution >= 4 is 11.6 Å². The van der Waals surface area contributed by atoms with Crippen LogP contribution in [0.15, 0.2) is 18.2 Å². The lowest BCUT2D eigenvalue weighted by Crippen LogP contribution is -2.26. The van der Waals surface area contributed by atoms with Gasteiger partial charge in [-0.1, -0.05) is 17.7 Å². The van der Waals surface area contributed by atoms with Crippen molar-refractivity contribution in [2.45, 2.75) is 20.0 Å². The fraction of sp³-hybridized carbons (Fsp3) is 0.455. The number of ether oxygens (including phenoxy) is 1. The van der Waals surface area contributed by atoms with E-state index in [9.17, 15) is 0 Å². The Bertz CT molecular complexity index is 301. The number of hydrogen-bond donors (Lipinski definition) is 1. The standard InChI is InChI=1S/C11H16ClNO/c1-8-4-5-11(10(12)6-8)14-9(2)7-13-3/h4-6,9,13H,7H2,1-3H3. The van der Waals surface area contributed by atoms with Gasteiger partial charge in [0.05, 0.1) is 5.02 Å². The van der Waals surface area contributed by atoms with Gasteiger partial charge in [0.25, 0.3) is 0 Å². The van der Waals surface area contributed by atoms with Crippen LogP contribution in [0.5, 0.6) is 5.75 Å². The zero-order chi connectivity index (χ0) is 10.6. The van der Waals surface area contributed by atoms with E-state index in [1.807, 2.05) is 39.1 Å². The van der Waals surface area contributed by atoms with Gasteiger partial charge in [-0.25, -0.2) is 0 Å². The average molecular weight is 214 g/mol. The largest absolute Gasteiger partial charge is 0.488 e. The minimum absolute atomic E-state index is 0.125. The molecule has 0 saturated carbocycles. The summed E-state index contributed by atoms with van der Waals surface area (Å²) in [7, 11) is 1.90. The van der Waals surface area contributed by atoms with Crippen molar-refractivity contribution in [3.8, 4) is 5.75 Å². The summed E-state index contributed by atoms with van der Waals surface area (Å²) in [6.45, 7) is 4.82. The van der Waals surface area contributed by atoms with Crippen LogP contribution in [0.1, 0.15) is 12.5 Å². The van der Waals surface area contributed by atoms with Crippen molar-refractivity contribution in [3.63, 3.8) is 0 Å². The molecule has 3 heteroatoms. The molecule has 0 aliphatic rings. The molecule has 1 atom stereocenters. The fourth-order valence-electron chi connectivity index (χ4n) is 1.25. The molecule has 0 heterocycles. The summed E-state index contributed by atoms with van der Waals surface area (Å²) in [5.74, 6) is 0.750. The SMILES string of the molecule is CNCC(C)Oc1ccc(C)cc1Cl. The summed E-state index contributed by atoms with van der Waals surface area (Å²) in [5.41, 5.74) is 1.14. The molecule has 1 unspecified atom stereocenters. The third-order valence-corrected chi connectivity index (χ3v) is 2.20. The van der Waals surface area contributed by atoms with Crippen LogP contribution in [0.4, 0.5) is 0 Å². The molecule has 14 heavy (non-hydrogen) atoms. The maximum Gasteiger partial charge on any atom is 0.138 e. The van der Waals surface area contributed by atoms with Crippen molar-refractivity contribution < 1.29 is 4.74 Å². The summed E-state index contributed by atoms with van der Waals surface area (Å²) < 4.78 is 5.65. The van der Waals surface area contributed by atoms with Crippen molar-refractivity contribution in [2.24, 2.45) is 0 Å². The van der Waals surface area contributed by atoms with E-state index >= 15 is 0 Å². The van der Waals surface area contributed by atoms with Gasteiger partial charge >= 0.3 is 0 Å². The van der Waals surface area contributed by atoms with Crippen LogP contribution in [-0.4, -0.2) is 19.7 Å². The van der Waals surface area contributed by atoms with Crippen LogP contribution >= 0.6 is 11.6 Å². The van der Waals surface area contributed by atoms with Gasteiger partial charge in [0.2, 0.25) is 0 Å². The predicted molar refractivity (Wildman–Crippen MR) is 60.2 cm³/mol. The van der Waals surface area contributed by atoms with Gasteiger partial charge in [0.15, 0.2) is 0 Å². The van der Waals surface area contributed by atoms with E-state index in [0.717, 1.165) is 17.9 Å². The number of likely N-dealkylation sites (N-methyl/N-ethyl adjacent to an activating group) is 1. The number of nitrogens with one attached hydrogen (secondary N) is 1. The molecule has 1 aromatic rings. The van der Waals surface area contributed by atoms with Crippen molar-refractivity contribution in [1.29, 1.82) is 0 Å². The van der Waals surface area contributed by atoms with Gasteiger partial charge in [-0.05, 0) is 38.6 Å². The summed E-state index contributed by atoms with van der Waals surface area (Å²) >= 11 is 6.03. The molecule has 0 amide bonds. The first kappa shape index (κ1) is 11.3. The second kappa shape index (κ2) is 5.23. The molecule has 0 radical (unpaired) electrons. The summed E-state index contributed by atoms with van der Waals surface area (Å²) in [5, 5.41) is 3.72. The zero-order valence-corrected chi connectivity index (χ0v) is 9.56. The van der Waals surface area contributed by atoms with Gasteiger partial charge in [0, 0.05) is 6.54 Å². The molecule has 78 valence electrons. The van der Waals surface area contributed by atoms with E-state index in [4.69, 9.17) is 16.3 Å². The topological polar surface area (TPSA) is 21.3 Å². The van der Waals surface area contributed by atoms with Gasteiger partial charge < -0.3 is 10.1 Å². The Morgan fingerprint density at radius 2 is 2.21 bits per heavy atom. The molecular weight excluding hydrogens is 198 g/mol. The molecule has 1 aromatic carbocycles. The lowest BCUT2D eigenvalue weighted by molar-refractivity contribution is 0.221. The highest BCUT2D eigenvalue weighted by Gasteiger charge is 2.06. The quantitative estimate of drug-likeness (QED) is 0.831. The van der Waals surface area contributed by atoms with Crippen LogP contribution in [0.3, 0.4) is 0 Å². The second-order valence-corrected chi connectivity index (χ2v) is 3.83. The van der Waals surface area contributed by atoms with Crippen molar-refractivity contribution in [2.75, 3.05) is 13.6 Å². The maximum absolute atomic E-state index is 6.03. The number of benzene rings is 1. The highest BCUT2D eigenvalue weighted by Crippen LogP contribution is 2.25. The fourth-order valence-corrected chi connectivity index (χ4v) is 1.53. The lowest BCUT2D eigenvalue weighted by Gasteiger charge is -2.15. The van der Waals surface area contributed by atoms with Crippen LogP contribution in [0, 0.1) is 6.92 Å². The van der Waals surface area contributed by atoms with Crippen LogP contribution in [0.2, 0.25) is 5.02 Å². The third kappa shape index (κ3) is 3.20. The van der Waals surface area contributed by atoms with Crippen molar-refractivity contribution in [3.05, 3.63) is 28.8 Å². The molecule has 0 aliphatic carbocycles. The first-order chi connectivity index (χ1) is 6.63. The monoisotopic (exact) mass is 213 g/mol. The minimum Gasteiger partial charge on any atom is -0.488 e. The lowest BCUT2D eigenvalue weighted by atomic mass is 10.2. The number of hydrogen-bond acceptors (Lipinski definition) is 2. The molecule has 0 spiro atoms. The van der Waals surface area contributed by atoms with Gasteiger partial charge in [-0.15, -0.1) is 0 Å². The molecule has 0 bridgehead atoms. The van der Waals surface area contributed by atoms with E-state index in [1.54, 1.807) is 0 Å². The van der Waals surface area contributed by atoms with Crippen LogP contribution in [-0.2, 0) is 0 Å². The Hall–Kier alpha value is -0.730. The van der Waals surface area contributed by atoms with Crippen LogP contribution in [0.25, 0.3) is 0 Å². The molecule has 0 aliphatic heterocycles. The Morgan fingerprint density at radius 1 is 1.50 bits per heavy atom. The molecule has 1 N–H and O–H groups in total. The number of aryl methyl sites for hydroxylation is 1. The predicted octanol–water partition coefficient (Wildman–Crippen LogP) is 2.64. The van der Waals surface area contributed by atoms with E-state index in [2.05, 4.69) is 5.32 Å². The molecular formula is C11H16ClNO. The Kier molecular flexibility index (Phi) is 4.23. The summed E-state index contributed by atoms with van der Waals surface area (Å²) in [4.78, 5) is 0. The minimum atomic E-state index is 0.125. The normalized spacial score (nSPS) is 12.6. The van der Waals surface area contributed by atoms with Crippen molar-refractivity contribution in [1.82, 2.24) is 5.32 Å². The molecule has 0 aromatic heterocycles. The van der Waals surface area contributed by atoms with Gasteiger partial charge in [-0.2, -0.15) is 0 Å². The van der Waals surface area contributed by atoms with E-state index in [-0.39, 0.29) is 6.10 Å². The van der Waals surface area contributed by atoms with Gasteiger partial charge in [0.1, 0.15) is 11.9 Å². The first-order valence-electron chi connectivity index (χ1n) is 4.71. The zero-order valence-electron chi connectivity index (χ0n) is 8.80. The highest BCUT2D eigenvalue weighted by molar-refractivity contribution is 6.32. The summed E-state index contributed by atoms with van der Waals surface area (Å²) in [6, 6.07) is 5.81. The average Bonchev–Trinajstić information content (AvgIpc) is 2.10. The molecule has 2 nitrogen and oxygen atoms in total. The number of rotatable bonds is 4. The second-order valence-electron chi connectivity index (χ2n) is 3.42. The van der Waals surface area contributed by atoms with Crippen LogP contribution < -0.4 is 10.1 Å². The molecule has 0 fully saturated rings. The Morgan fingerprint density at radius 3 is 2.79 bits per heavy atom. The first-order valence-corrected chi connectivity index (χ1v) is 5.08. The Labute approximate surface area is 90.2 Å². The molecule has 0 saturated heterocycles. The maximum atomic E-state index is 6.03. The van der Waals surface area contributed by atoms with Gasteiger partial charge in [-0.3, -0.25) is 0 Å². The van der Waals surface area contributed by atoms with E-state index < -0.39 is 0 Å². The Balaban J connectivity index is 2.67. The number of halogens is 1.